The molecule has 0 saturated heterocycles. The van der Waals surface area contributed by atoms with E-state index in [1.165, 1.54) is 11.4 Å². The van der Waals surface area contributed by atoms with Crippen molar-refractivity contribution in [2.45, 2.75) is 67.2 Å². The van der Waals surface area contributed by atoms with Crippen LogP contribution < -0.4 is 29.9 Å². The fraction of sp³-hybridized carbons (Fsp3) is 0.414. The van der Waals surface area contributed by atoms with E-state index in [1.54, 1.807) is 0 Å². The summed E-state index contributed by atoms with van der Waals surface area (Å²) in [6, 6.07) is 25.2. The van der Waals surface area contributed by atoms with E-state index < -0.39 is 11.8 Å². The Balaban J connectivity index is 1.24. The molecule has 4 aliphatic rings. The third kappa shape index (κ3) is 12.0. The lowest BCUT2D eigenvalue weighted by Crippen LogP contribution is -2.26. The average Bonchev–Trinajstić information content (AvgIpc) is 3.34. The van der Waals surface area contributed by atoms with Gasteiger partial charge in [-0.3, -0.25) is 9.59 Å². The van der Waals surface area contributed by atoms with Crippen LogP contribution in [-0.4, -0.2) is 90.6 Å². The summed E-state index contributed by atoms with van der Waals surface area (Å²) in [5.74, 6) is 0.456. The number of anilines is 4. The first-order chi connectivity index (χ1) is 33.7. The van der Waals surface area contributed by atoms with E-state index in [0.717, 1.165) is 82.3 Å². The van der Waals surface area contributed by atoms with Gasteiger partial charge in [0.05, 0.1) is 39.6 Å². The van der Waals surface area contributed by atoms with Gasteiger partial charge in [0.25, 0.3) is 0 Å². The second-order valence-electron chi connectivity index (χ2n) is 18.2. The van der Waals surface area contributed by atoms with Crippen molar-refractivity contribution in [1.29, 1.82) is 0 Å². The molecule has 4 aromatic carbocycles. The van der Waals surface area contributed by atoms with Crippen LogP contribution in [0.3, 0.4) is 0 Å². The monoisotopic (exact) mass is 935 g/mol. The van der Waals surface area contributed by atoms with Crippen molar-refractivity contribution in [1.82, 2.24) is 0 Å². The summed E-state index contributed by atoms with van der Waals surface area (Å²) in [5, 5.41) is 7.44. The number of carbonyl (C=O) groups excluding carboxylic acids is 2. The van der Waals surface area contributed by atoms with Crippen LogP contribution in [-0.2, 0) is 49.5 Å². The van der Waals surface area contributed by atoms with Crippen molar-refractivity contribution in [2.24, 2.45) is 11.8 Å². The molecule has 10 bridgehead atoms. The zero-order valence-electron chi connectivity index (χ0n) is 41.5. The molecule has 4 aromatic rings. The minimum absolute atomic E-state index is 0.0524. The number of para-hydroxylation sites is 2. The molecule has 0 fully saturated rings. The zero-order chi connectivity index (χ0) is 48.3. The molecule has 1 aliphatic heterocycles. The van der Waals surface area contributed by atoms with Crippen LogP contribution >= 0.6 is 0 Å². The zero-order valence-corrected chi connectivity index (χ0v) is 41.5. The molecule has 2 unspecified atom stereocenters. The quantitative estimate of drug-likeness (QED) is 0.159. The van der Waals surface area contributed by atoms with Gasteiger partial charge in [-0.2, -0.15) is 0 Å². The van der Waals surface area contributed by atoms with Crippen LogP contribution in [0.2, 0.25) is 0 Å². The normalized spacial score (nSPS) is 19.2. The molecule has 3 aliphatic carbocycles. The van der Waals surface area contributed by atoms with Crippen LogP contribution in [0.5, 0.6) is 11.5 Å². The summed E-state index contributed by atoms with van der Waals surface area (Å²) in [7, 11) is 0. The average molecular weight is 935 g/mol. The van der Waals surface area contributed by atoms with Gasteiger partial charge < -0.3 is 44.1 Å². The number of ether oxygens (including phenoxy) is 5. The molecular weight excluding hydrogens is 865 g/mol. The van der Waals surface area contributed by atoms with Crippen molar-refractivity contribution in [3.8, 4) is 11.5 Å². The molecule has 0 radical (unpaired) electrons. The Kier molecular flexibility index (Phi) is 16.7. The third-order valence-electron chi connectivity index (χ3n) is 13.7. The maximum absolute atomic E-state index is 15.0. The molecular formula is C58H70N4O7. The van der Waals surface area contributed by atoms with Crippen molar-refractivity contribution in [3.05, 3.63) is 153 Å². The molecule has 11 nitrogen and oxygen atoms in total. The number of hydrogen-bond donors (Lipinski definition) is 2. The van der Waals surface area contributed by atoms with E-state index in [1.807, 2.05) is 36.4 Å². The Hall–Kier alpha value is -6.14. The van der Waals surface area contributed by atoms with Crippen molar-refractivity contribution >= 4 is 34.3 Å². The van der Waals surface area contributed by atoms with Gasteiger partial charge in [-0.05, 0) is 148 Å². The summed E-state index contributed by atoms with van der Waals surface area (Å²) in [6.45, 7) is 19.6. The molecule has 0 saturated carbocycles. The van der Waals surface area contributed by atoms with E-state index in [9.17, 15) is 9.59 Å². The topological polar surface area (TPSA) is 111 Å². The highest BCUT2D eigenvalue weighted by Gasteiger charge is 2.32. The standard InChI is InChI=1S/C58H70N4O7/c1-7-61(8-2)51-17-19-53(39(5)29-51)59-49-35-45-31-41-13-11-15-43-33-47-37-50(60-54-20-18-52(30-40(54)6)62(9-3)10-4)38-48(56(47)64)34-44-16-12-14-42(32-46(36-49)55(45)63)58(44)69-28-26-67-24-22-65-21-23-66-25-27-68-57(41)43/h11-20,29-30,35-38,45,47,59-60H,7-10,21-28,31-34H2,1-6H3. The third-order valence-corrected chi connectivity index (χ3v) is 13.7. The number of rotatable bonds is 10. The number of hydrogen-bond acceptors (Lipinski definition) is 11. The highest BCUT2D eigenvalue weighted by atomic mass is 16.6. The fourth-order valence-electron chi connectivity index (χ4n) is 9.95. The van der Waals surface area contributed by atoms with Crippen LogP contribution in [0.15, 0.2) is 120 Å². The molecule has 0 spiro atoms. The first-order valence-corrected chi connectivity index (χ1v) is 25.0. The minimum atomic E-state index is -0.502. The Labute approximate surface area is 409 Å². The lowest BCUT2D eigenvalue weighted by Gasteiger charge is -2.27. The van der Waals surface area contributed by atoms with Crippen molar-refractivity contribution in [2.75, 3.05) is 99.5 Å². The van der Waals surface area contributed by atoms with Crippen molar-refractivity contribution < 1.29 is 33.3 Å². The molecule has 11 heteroatoms. The van der Waals surface area contributed by atoms with Gasteiger partial charge >= 0.3 is 0 Å². The predicted molar refractivity (Wildman–Crippen MR) is 277 cm³/mol. The number of nitrogens with one attached hydrogen (secondary N) is 2. The Morgan fingerprint density at radius 1 is 0.507 bits per heavy atom. The van der Waals surface area contributed by atoms with Crippen LogP contribution in [0.1, 0.15) is 61.1 Å². The first-order valence-electron chi connectivity index (χ1n) is 25.0. The van der Waals surface area contributed by atoms with Gasteiger partial charge in [0.1, 0.15) is 24.7 Å². The van der Waals surface area contributed by atoms with Crippen LogP contribution in [0.4, 0.5) is 22.7 Å². The van der Waals surface area contributed by atoms with Gasteiger partial charge in [0.15, 0.2) is 11.6 Å². The number of nitrogens with zero attached hydrogens (tertiary/aromatic N) is 2. The summed E-state index contributed by atoms with van der Waals surface area (Å²) >= 11 is 0. The van der Waals surface area contributed by atoms with Gasteiger partial charge in [-0.25, -0.2) is 0 Å². The molecule has 2 N–H and O–H groups in total. The number of benzene rings is 4. The van der Waals surface area contributed by atoms with Gasteiger partial charge in [-0.1, -0.05) is 36.4 Å². The second kappa shape index (κ2) is 23.4. The Bertz CT molecular complexity index is 2450. The Morgan fingerprint density at radius 3 is 1.28 bits per heavy atom. The van der Waals surface area contributed by atoms with Gasteiger partial charge in [0, 0.05) is 96.1 Å². The SMILES string of the molecule is CCN(CC)c1ccc(NC2=CC3Cc4cccc5c4OCCOCCOCCOCCOc4c(cccc4CC4=CC(Nc6ccc(N(CC)CC)cc6C)=CC(C5)C4=O)CC(=C2)C3=O)c(C)c1. The largest absolute Gasteiger partial charge is 0.491 e. The summed E-state index contributed by atoms with van der Waals surface area (Å²) < 4.78 is 31.1. The van der Waals surface area contributed by atoms with Crippen LogP contribution in [0.25, 0.3) is 0 Å². The molecule has 1 heterocycles. The highest BCUT2D eigenvalue weighted by Crippen LogP contribution is 2.38. The van der Waals surface area contributed by atoms with E-state index in [0.29, 0.717) is 88.0 Å². The maximum atomic E-state index is 15.0. The molecule has 69 heavy (non-hydrogen) atoms. The van der Waals surface area contributed by atoms with E-state index >= 15 is 0 Å². The first kappa shape index (κ1) is 49.3. The lowest BCUT2D eigenvalue weighted by atomic mass is 9.80. The number of Topliss-reactive ketones (excluding diaryl/α,β-unsaturated/α-hetero) is 2. The number of carbonyl (C=O) groups is 2. The summed E-state index contributed by atoms with van der Waals surface area (Å²) in [6.07, 6.45) is 9.59. The number of ketones is 2. The lowest BCUT2D eigenvalue weighted by molar-refractivity contribution is -0.118. The second-order valence-corrected chi connectivity index (χ2v) is 18.2. The smallest absolute Gasteiger partial charge is 0.166 e. The van der Waals surface area contributed by atoms with E-state index in [-0.39, 0.29) is 24.8 Å². The molecule has 2 atom stereocenters. The highest BCUT2D eigenvalue weighted by molar-refractivity contribution is 6.02. The van der Waals surface area contributed by atoms with E-state index in [4.69, 9.17) is 23.7 Å². The fourth-order valence-corrected chi connectivity index (χ4v) is 9.95. The van der Waals surface area contributed by atoms with Gasteiger partial charge in [0.2, 0.25) is 0 Å². The molecule has 364 valence electrons. The number of allylic oxidation sites excluding steroid dienone is 6. The van der Waals surface area contributed by atoms with Crippen LogP contribution in [0, 0.1) is 25.7 Å². The predicted octanol–water partition coefficient (Wildman–Crippen LogP) is 9.94. The minimum Gasteiger partial charge on any atom is -0.491 e. The summed E-state index contributed by atoms with van der Waals surface area (Å²) in [5.41, 5.74) is 13.2. The maximum Gasteiger partial charge on any atom is 0.166 e. The summed E-state index contributed by atoms with van der Waals surface area (Å²) in [4.78, 5) is 34.6. The number of aryl methyl sites for hydroxylation is 2. The molecule has 8 rings (SSSR count). The van der Waals surface area contributed by atoms with Crippen molar-refractivity contribution in [3.63, 3.8) is 0 Å². The molecule has 0 aromatic heterocycles. The number of fused-ring (bicyclic) bond motifs is 2. The molecule has 0 amide bonds. The Morgan fingerprint density at radius 2 is 0.884 bits per heavy atom. The van der Waals surface area contributed by atoms with Gasteiger partial charge in [-0.15, -0.1) is 0 Å². The van der Waals surface area contributed by atoms with E-state index in [2.05, 4.69) is 123 Å².